The molecule has 15 heavy (non-hydrogen) atoms. The molecule has 4 nitrogen and oxygen atoms in total. The second-order valence-electron chi connectivity index (χ2n) is 3.01. The van der Waals surface area contributed by atoms with Crippen LogP contribution < -0.4 is 0 Å². The van der Waals surface area contributed by atoms with Gasteiger partial charge in [-0.3, -0.25) is 0 Å². The van der Waals surface area contributed by atoms with Crippen molar-refractivity contribution in [3.63, 3.8) is 0 Å². The van der Waals surface area contributed by atoms with Crippen LogP contribution in [-0.2, 0) is 4.74 Å². The first-order valence-electron chi connectivity index (χ1n) is 4.42. The maximum absolute atomic E-state index is 11.4. The van der Waals surface area contributed by atoms with Gasteiger partial charge in [-0.05, 0) is 19.1 Å². The summed E-state index contributed by atoms with van der Waals surface area (Å²) in [7, 11) is 1.37. The number of carbonyl (C=O) groups is 1. The number of esters is 1. The van der Waals surface area contributed by atoms with Crippen molar-refractivity contribution in [1.29, 1.82) is 0 Å². The molecule has 1 N–H and O–H groups in total. The lowest BCUT2D eigenvalue weighted by molar-refractivity contribution is 0.0605. The van der Waals surface area contributed by atoms with Crippen LogP contribution in [0.2, 0.25) is 0 Å². The molecular weight excluding hydrogens is 212 g/mol. The predicted molar refractivity (Wildman–Crippen MR) is 58.0 cm³/mol. The Morgan fingerprint density at radius 3 is 3.00 bits per heavy atom. The summed E-state index contributed by atoms with van der Waals surface area (Å²) in [5.41, 5.74) is 1.62. The number of carbonyl (C=O) groups excluding carboxylic acids is 1. The third-order valence-electron chi connectivity index (χ3n) is 2.00. The quantitative estimate of drug-likeness (QED) is 0.793. The molecular formula is C10H10N2O2S. The van der Waals surface area contributed by atoms with Gasteiger partial charge in [-0.15, -0.1) is 11.3 Å². The Balaban J connectivity index is 2.41. The van der Waals surface area contributed by atoms with Crippen molar-refractivity contribution in [2.24, 2.45) is 0 Å². The lowest BCUT2D eigenvalue weighted by atomic mass is 10.4. The van der Waals surface area contributed by atoms with E-state index in [4.69, 9.17) is 0 Å². The van der Waals surface area contributed by atoms with Crippen LogP contribution in [0.1, 0.15) is 15.4 Å². The Labute approximate surface area is 90.9 Å². The normalized spacial score (nSPS) is 10.3. The van der Waals surface area contributed by atoms with Crippen molar-refractivity contribution < 1.29 is 9.53 Å². The number of nitrogens with zero attached hydrogens (tertiary/aromatic N) is 1. The minimum absolute atomic E-state index is 0.331. The number of thiazole rings is 1. The van der Waals surface area contributed by atoms with E-state index in [-0.39, 0.29) is 5.97 Å². The number of aromatic amines is 1. The van der Waals surface area contributed by atoms with E-state index in [2.05, 4.69) is 14.7 Å². The summed E-state index contributed by atoms with van der Waals surface area (Å²) >= 11 is 1.33. The van der Waals surface area contributed by atoms with Gasteiger partial charge in [0.2, 0.25) is 0 Å². The molecule has 78 valence electrons. The number of rotatable bonds is 2. The van der Waals surface area contributed by atoms with E-state index in [0.717, 1.165) is 10.7 Å². The van der Waals surface area contributed by atoms with Crippen LogP contribution in [-0.4, -0.2) is 23.0 Å². The summed E-state index contributed by atoms with van der Waals surface area (Å²) < 4.78 is 4.67. The zero-order chi connectivity index (χ0) is 10.8. The summed E-state index contributed by atoms with van der Waals surface area (Å²) in [6.07, 6.45) is 1.82. The molecule has 0 unspecified atom stereocenters. The fraction of sp³-hybridized carbons (Fsp3) is 0.200. The molecule has 2 heterocycles. The highest BCUT2D eigenvalue weighted by Crippen LogP contribution is 2.26. The third-order valence-corrected chi connectivity index (χ3v) is 3.17. The highest BCUT2D eigenvalue weighted by Gasteiger charge is 2.16. The zero-order valence-corrected chi connectivity index (χ0v) is 9.22. The van der Waals surface area contributed by atoms with E-state index in [1.165, 1.54) is 18.4 Å². The molecule has 2 aromatic rings. The van der Waals surface area contributed by atoms with Gasteiger partial charge < -0.3 is 9.72 Å². The molecule has 0 aromatic carbocycles. The molecule has 5 heteroatoms. The zero-order valence-electron chi connectivity index (χ0n) is 8.40. The van der Waals surface area contributed by atoms with Gasteiger partial charge in [0, 0.05) is 6.20 Å². The van der Waals surface area contributed by atoms with Gasteiger partial charge in [-0.25, -0.2) is 9.78 Å². The lowest BCUT2D eigenvalue weighted by Crippen LogP contribution is -1.99. The molecule has 0 aliphatic rings. The maximum Gasteiger partial charge on any atom is 0.349 e. The number of ether oxygens (including phenoxy) is 1. The molecule has 0 amide bonds. The van der Waals surface area contributed by atoms with Gasteiger partial charge in [0.05, 0.1) is 18.5 Å². The average molecular weight is 222 g/mol. The van der Waals surface area contributed by atoms with Crippen molar-refractivity contribution in [2.45, 2.75) is 6.92 Å². The molecule has 0 saturated carbocycles. The second-order valence-corrected chi connectivity index (χ2v) is 4.01. The van der Waals surface area contributed by atoms with Gasteiger partial charge in [0.1, 0.15) is 9.88 Å². The number of aryl methyl sites for hydroxylation is 1. The first kappa shape index (κ1) is 9.92. The van der Waals surface area contributed by atoms with Crippen LogP contribution in [0.15, 0.2) is 18.3 Å². The minimum atomic E-state index is -0.331. The van der Waals surface area contributed by atoms with Crippen molar-refractivity contribution in [2.75, 3.05) is 7.11 Å². The predicted octanol–water partition coefficient (Wildman–Crippen LogP) is 2.23. The summed E-state index contributed by atoms with van der Waals surface area (Å²) in [5, 5.41) is 0.804. The number of aromatic nitrogens is 2. The fourth-order valence-corrected chi connectivity index (χ4v) is 2.23. The van der Waals surface area contributed by atoms with Gasteiger partial charge in [0.15, 0.2) is 0 Å². The molecule has 0 radical (unpaired) electrons. The Morgan fingerprint density at radius 1 is 1.60 bits per heavy atom. The van der Waals surface area contributed by atoms with Crippen molar-refractivity contribution in [3.05, 3.63) is 28.9 Å². The first-order chi connectivity index (χ1) is 7.22. The average Bonchev–Trinajstić information content (AvgIpc) is 2.84. The van der Waals surface area contributed by atoms with E-state index in [0.29, 0.717) is 10.6 Å². The largest absolute Gasteiger partial charge is 0.465 e. The molecule has 0 aliphatic carbocycles. The molecule has 0 fully saturated rings. The van der Waals surface area contributed by atoms with E-state index >= 15 is 0 Å². The number of nitrogens with one attached hydrogen (secondary N) is 1. The molecule has 0 aliphatic heterocycles. The number of methoxy groups -OCH3 is 1. The lowest BCUT2D eigenvalue weighted by Gasteiger charge is -1.93. The molecule has 0 saturated heterocycles. The molecule has 2 aromatic heterocycles. The monoisotopic (exact) mass is 222 g/mol. The number of hydrogen-bond acceptors (Lipinski definition) is 4. The SMILES string of the molecule is COC(=O)c1sc(-c2ccc[nH]2)nc1C. The van der Waals surface area contributed by atoms with Gasteiger partial charge in [-0.1, -0.05) is 0 Å². The van der Waals surface area contributed by atoms with Crippen molar-refractivity contribution in [1.82, 2.24) is 9.97 Å². The van der Waals surface area contributed by atoms with E-state index in [1.807, 2.05) is 18.3 Å². The molecule has 0 bridgehead atoms. The molecule has 2 rings (SSSR count). The summed E-state index contributed by atoms with van der Waals surface area (Å²) in [6.45, 7) is 1.80. The first-order valence-corrected chi connectivity index (χ1v) is 5.23. The highest BCUT2D eigenvalue weighted by molar-refractivity contribution is 7.17. The van der Waals surface area contributed by atoms with Crippen LogP contribution in [0.5, 0.6) is 0 Å². The minimum Gasteiger partial charge on any atom is -0.465 e. The third kappa shape index (κ3) is 1.78. The Kier molecular flexibility index (Phi) is 2.55. The maximum atomic E-state index is 11.4. The highest BCUT2D eigenvalue weighted by atomic mass is 32.1. The van der Waals surface area contributed by atoms with Gasteiger partial charge >= 0.3 is 5.97 Å². The van der Waals surface area contributed by atoms with Gasteiger partial charge in [-0.2, -0.15) is 0 Å². The van der Waals surface area contributed by atoms with E-state index in [1.54, 1.807) is 6.92 Å². The van der Waals surface area contributed by atoms with Crippen LogP contribution in [0.4, 0.5) is 0 Å². The van der Waals surface area contributed by atoms with E-state index < -0.39 is 0 Å². The molecule has 0 spiro atoms. The van der Waals surface area contributed by atoms with Crippen LogP contribution in [0, 0.1) is 6.92 Å². The van der Waals surface area contributed by atoms with Gasteiger partial charge in [0.25, 0.3) is 0 Å². The van der Waals surface area contributed by atoms with Crippen molar-refractivity contribution >= 4 is 17.3 Å². The molecule has 0 atom stereocenters. The second kappa shape index (κ2) is 3.86. The Bertz CT molecular complexity index is 474. The summed E-state index contributed by atoms with van der Waals surface area (Å²) in [6, 6.07) is 3.81. The number of hydrogen-bond donors (Lipinski definition) is 1. The smallest absolute Gasteiger partial charge is 0.349 e. The number of H-pyrrole nitrogens is 1. The fourth-order valence-electron chi connectivity index (χ4n) is 1.26. The van der Waals surface area contributed by atoms with E-state index in [9.17, 15) is 4.79 Å². The Morgan fingerprint density at radius 2 is 2.40 bits per heavy atom. The Hall–Kier alpha value is -1.62. The van der Waals surface area contributed by atoms with Crippen molar-refractivity contribution in [3.8, 4) is 10.7 Å². The summed E-state index contributed by atoms with van der Waals surface area (Å²) in [4.78, 5) is 19.3. The van der Waals surface area contributed by atoms with Crippen LogP contribution in [0.3, 0.4) is 0 Å². The van der Waals surface area contributed by atoms with Crippen LogP contribution >= 0.6 is 11.3 Å². The summed E-state index contributed by atoms with van der Waals surface area (Å²) in [5.74, 6) is -0.331. The van der Waals surface area contributed by atoms with Crippen LogP contribution in [0.25, 0.3) is 10.7 Å². The standard InChI is InChI=1S/C10H10N2O2S/c1-6-8(10(13)14-2)15-9(12-6)7-4-3-5-11-7/h3-5,11H,1-2H3. The topological polar surface area (TPSA) is 55.0 Å².